The number of halogens is 1. The average molecular weight is 417 g/mol. The normalized spacial score (nSPS) is 16.1. The molecule has 0 spiro atoms. The highest BCUT2D eigenvalue weighted by molar-refractivity contribution is 6.31. The van der Waals surface area contributed by atoms with Crippen LogP contribution in [0.25, 0.3) is 0 Å². The number of hydrogen-bond acceptors (Lipinski definition) is 4. The van der Waals surface area contributed by atoms with E-state index in [-0.39, 0.29) is 24.2 Å². The Labute approximate surface area is 175 Å². The molecular formula is C22H25ClN2O4. The Balaban J connectivity index is 1.57. The van der Waals surface area contributed by atoms with Crippen molar-refractivity contribution in [1.29, 1.82) is 0 Å². The number of aryl methyl sites for hydroxylation is 1. The van der Waals surface area contributed by atoms with Crippen molar-refractivity contribution in [2.45, 2.75) is 19.8 Å². The quantitative estimate of drug-likeness (QED) is 0.747. The summed E-state index contributed by atoms with van der Waals surface area (Å²) >= 11 is 6.11. The third-order valence-electron chi connectivity index (χ3n) is 5.14. The second-order valence-electron chi connectivity index (χ2n) is 7.13. The molecule has 1 fully saturated rings. The lowest BCUT2D eigenvalue weighted by molar-refractivity contribution is -0.128. The molecule has 6 nitrogen and oxygen atoms in total. The van der Waals surface area contributed by atoms with Crippen LogP contribution in [-0.4, -0.2) is 44.0 Å². The van der Waals surface area contributed by atoms with Crippen LogP contribution in [0.3, 0.4) is 0 Å². The van der Waals surface area contributed by atoms with Gasteiger partial charge in [-0.2, -0.15) is 0 Å². The number of nitrogens with one attached hydrogen (secondary N) is 1. The van der Waals surface area contributed by atoms with Crippen LogP contribution in [0.15, 0.2) is 36.4 Å². The maximum Gasteiger partial charge on any atom is 0.229 e. The summed E-state index contributed by atoms with van der Waals surface area (Å²) < 4.78 is 10.6. The van der Waals surface area contributed by atoms with Gasteiger partial charge in [0.05, 0.1) is 20.1 Å². The molecular weight excluding hydrogens is 392 g/mol. The highest BCUT2D eigenvalue weighted by atomic mass is 35.5. The van der Waals surface area contributed by atoms with Crippen LogP contribution in [0.2, 0.25) is 5.02 Å². The Morgan fingerprint density at radius 3 is 2.62 bits per heavy atom. The molecule has 0 bridgehead atoms. The first-order valence-electron chi connectivity index (χ1n) is 9.47. The first-order valence-corrected chi connectivity index (χ1v) is 9.84. The number of amides is 2. The van der Waals surface area contributed by atoms with Crippen molar-refractivity contribution >= 4 is 29.1 Å². The lowest BCUT2D eigenvalue weighted by atomic mass is 10.1. The van der Waals surface area contributed by atoms with Gasteiger partial charge in [-0.1, -0.05) is 23.7 Å². The lowest BCUT2D eigenvalue weighted by Gasteiger charge is -2.17. The van der Waals surface area contributed by atoms with Gasteiger partial charge in [-0.15, -0.1) is 0 Å². The predicted octanol–water partition coefficient (Wildman–Crippen LogP) is 3.70. The number of anilines is 1. The van der Waals surface area contributed by atoms with Crippen molar-refractivity contribution in [3.63, 3.8) is 0 Å². The van der Waals surface area contributed by atoms with Crippen LogP contribution in [-0.2, 0) is 16.0 Å². The van der Waals surface area contributed by atoms with E-state index < -0.39 is 0 Å². The Kier molecular flexibility index (Phi) is 6.64. The van der Waals surface area contributed by atoms with Crippen molar-refractivity contribution < 1.29 is 19.1 Å². The smallest absolute Gasteiger partial charge is 0.229 e. The Hall–Kier alpha value is -2.73. The van der Waals surface area contributed by atoms with E-state index in [1.165, 1.54) is 0 Å². The van der Waals surface area contributed by atoms with Crippen molar-refractivity contribution in [1.82, 2.24) is 4.90 Å². The van der Waals surface area contributed by atoms with Gasteiger partial charge >= 0.3 is 0 Å². The SMILES string of the molecule is COc1ccc(CCN2CC(C(=O)Nc3ccc(C)c(Cl)c3)CC2=O)cc1OC. The lowest BCUT2D eigenvalue weighted by Crippen LogP contribution is -2.30. The zero-order valence-corrected chi connectivity index (χ0v) is 17.6. The summed E-state index contributed by atoms with van der Waals surface area (Å²) in [6, 6.07) is 11.1. The van der Waals surface area contributed by atoms with Gasteiger partial charge in [-0.3, -0.25) is 9.59 Å². The minimum atomic E-state index is -0.368. The molecule has 154 valence electrons. The van der Waals surface area contributed by atoms with Gasteiger partial charge in [0.15, 0.2) is 11.5 Å². The fourth-order valence-corrected chi connectivity index (χ4v) is 3.56. The molecule has 1 heterocycles. The monoisotopic (exact) mass is 416 g/mol. The van der Waals surface area contributed by atoms with Gasteiger partial charge in [-0.05, 0) is 48.7 Å². The number of ether oxygens (including phenoxy) is 2. The first kappa shape index (κ1) is 21.0. The number of carbonyl (C=O) groups excluding carboxylic acids is 2. The third-order valence-corrected chi connectivity index (χ3v) is 5.55. The molecule has 29 heavy (non-hydrogen) atoms. The molecule has 1 saturated heterocycles. The summed E-state index contributed by atoms with van der Waals surface area (Å²) in [5.41, 5.74) is 2.63. The molecule has 7 heteroatoms. The van der Waals surface area contributed by atoms with E-state index in [2.05, 4.69) is 5.32 Å². The molecule has 2 aromatic rings. The molecule has 1 unspecified atom stereocenters. The maximum atomic E-state index is 12.6. The van der Waals surface area contributed by atoms with E-state index in [1.54, 1.807) is 25.2 Å². The number of rotatable bonds is 7. The first-order chi connectivity index (χ1) is 13.9. The van der Waals surface area contributed by atoms with Crippen LogP contribution >= 0.6 is 11.6 Å². The zero-order valence-electron chi connectivity index (χ0n) is 16.8. The van der Waals surface area contributed by atoms with Crippen molar-refractivity contribution in [3.8, 4) is 11.5 Å². The predicted molar refractivity (Wildman–Crippen MR) is 113 cm³/mol. The second kappa shape index (κ2) is 9.18. The second-order valence-corrected chi connectivity index (χ2v) is 7.54. The topological polar surface area (TPSA) is 67.9 Å². The maximum absolute atomic E-state index is 12.6. The third kappa shape index (κ3) is 5.01. The van der Waals surface area contributed by atoms with Crippen molar-refractivity contribution in [2.24, 2.45) is 5.92 Å². The Bertz CT molecular complexity index is 916. The summed E-state index contributed by atoms with van der Waals surface area (Å²) in [7, 11) is 3.19. The van der Waals surface area contributed by atoms with E-state index in [1.807, 2.05) is 37.3 Å². The Morgan fingerprint density at radius 2 is 1.93 bits per heavy atom. The summed E-state index contributed by atoms with van der Waals surface area (Å²) in [4.78, 5) is 26.7. The van der Waals surface area contributed by atoms with E-state index in [4.69, 9.17) is 21.1 Å². The molecule has 1 N–H and O–H groups in total. The fourth-order valence-electron chi connectivity index (χ4n) is 3.38. The van der Waals surface area contributed by atoms with E-state index in [0.29, 0.717) is 41.7 Å². The van der Waals surface area contributed by atoms with Gasteiger partial charge in [0.1, 0.15) is 0 Å². The van der Waals surface area contributed by atoms with Crippen LogP contribution in [0, 0.1) is 12.8 Å². The van der Waals surface area contributed by atoms with Crippen LogP contribution in [0.5, 0.6) is 11.5 Å². The number of carbonyl (C=O) groups is 2. The average Bonchev–Trinajstić information content (AvgIpc) is 3.09. The molecule has 0 radical (unpaired) electrons. The number of nitrogens with zero attached hydrogens (tertiary/aromatic N) is 1. The molecule has 1 aliphatic heterocycles. The van der Waals surface area contributed by atoms with E-state index >= 15 is 0 Å². The molecule has 0 saturated carbocycles. The largest absolute Gasteiger partial charge is 0.493 e. The van der Waals surface area contributed by atoms with Gasteiger partial charge in [0, 0.05) is 30.2 Å². The fraction of sp³-hybridized carbons (Fsp3) is 0.364. The van der Waals surface area contributed by atoms with Crippen LogP contribution in [0.4, 0.5) is 5.69 Å². The van der Waals surface area contributed by atoms with Crippen LogP contribution < -0.4 is 14.8 Å². The Morgan fingerprint density at radius 1 is 1.17 bits per heavy atom. The minimum Gasteiger partial charge on any atom is -0.493 e. The molecule has 1 aliphatic rings. The highest BCUT2D eigenvalue weighted by Crippen LogP contribution is 2.28. The molecule has 3 rings (SSSR count). The van der Waals surface area contributed by atoms with Crippen molar-refractivity contribution in [3.05, 3.63) is 52.5 Å². The summed E-state index contributed by atoms with van der Waals surface area (Å²) in [6.45, 7) is 2.87. The number of hydrogen-bond donors (Lipinski definition) is 1. The van der Waals surface area contributed by atoms with Gasteiger partial charge in [0.2, 0.25) is 11.8 Å². The molecule has 1 atom stereocenters. The van der Waals surface area contributed by atoms with E-state index in [9.17, 15) is 9.59 Å². The van der Waals surface area contributed by atoms with Gasteiger partial charge < -0.3 is 19.7 Å². The minimum absolute atomic E-state index is 0.00688. The number of likely N-dealkylation sites (tertiary alicyclic amines) is 1. The van der Waals surface area contributed by atoms with E-state index in [0.717, 1.165) is 11.1 Å². The zero-order chi connectivity index (χ0) is 21.0. The molecule has 2 aromatic carbocycles. The molecule has 0 aromatic heterocycles. The highest BCUT2D eigenvalue weighted by Gasteiger charge is 2.34. The standard InChI is InChI=1S/C22H25ClN2O4/c1-14-4-6-17(12-18(14)23)24-22(27)16-11-21(26)25(13-16)9-8-15-5-7-19(28-2)20(10-15)29-3/h4-7,10,12,16H,8-9,11,13H2,1-3H3,(H,24,27). The summed E-state index contributed by atoms with van der Waals surface area (Å²) in [5, 5.41) is 3.46. The number of methoxy groups -OCH3 is 2. The van der Waals surface area contributed by atoms with Gasteiger partial charge in [-0.25, -0.2) is 0 Å². The number of benzene rings is 2. The van der Waals surface area contributed by atoms with Gasteiger partial charge in [0.25, 0.3) is 0 Å². The summed E-state index contributed by atoms with van der Waals surface area (Å²) in [6.07, 6.45) is 0.894. The van der Waals surface area contributed by atoms with Crippen molar-refractivity contribution in [2.75, 3.05) is 32.6 Å². The van der Waals surface area contributed by atoms with Crippen LogP contribution in [0.1, 0.15) is 17.5 Å². The summed E-state index contributed by atoms with van der Waals surface area (Å²) in [5.74, 6) is 0.792. The molecule has 2 amide bonds. The molecule has 0 aliphatic carbocycles.